The van der Waals surface area contributed by atoms with Crippen LogP contribution in [0.4, 0.5) is 0 Å². The van der Waals surface area contributed by atoms with Crippen LogP contribution in [0.3, 0.4) is 0 Å². The van der Waals surface area contributed by atoms with E-state index in [9.17, 15) is 4.79 Å². The fraction of sp³-hybridized carbons (Fsp3) is 0.148. The predicted molar refractivity (Wildman–Crippen MR) is 126 cm³/mol. The van der Waals surface area contributed by atoms with Crippen LogP contribution in [0.5, 0.6) is 11.8 Å². The Hall–Kier alpha value is -3.99. The van der Waals surface area contributed by atoms with Crippen molar-refractivity contribution in [2.75, 3.05) is 0 Å². The van der Waals surface area contributed by atoms with E-state index in [0.29, 0.717) is 11.3 Å². The largest absolute Gasteiger partial charge is 0.424 e. The van der Waals surface area contributed by atoms with Gasteiger partial charge in [0, 0.05) is 23.5 Å². The molecule has 1 N–H and O–H groups in total. The van der Waals surface area contributed by atoms with Crippen molar-refractivity contribution in [2.45, 2.75) is 26.8 Å². The maximum absolute atomic E-state index is 12.6. The summed E-state index contributed by atoms with van der Waals surface area (Å²) in [4.78, 5) is 21.2. The van der Waals surface area contributed by atoms with E-state index in [1.54, 1.807) is 36.7 Å². The summed E-state index contributed by atoms with van der Waals surface area (Å²) in [6, 6.07) is 23.3. The number of ether oxygens (including phenoxy) is 1. The molecule has 4 rings (SSSR count). The Morgan fingerprint density at radius 1 is 0.875 bits per heavy atom. The molecule has 5 heteroatoms. The van der Waals surface area contributed by atoms with E-state index in [1.807, 2.05) is 56.3 Å². The quantitative estimate of drug-likeness (QED) is 0.410. The lowest BCUT2D eigenvalue weighted by Gasteiger charge is -2.15. The number of nitrogens with one attached hydrogen (secondary N) is 1. The summed E-state index contributed by atoms with van der Waals surface area (Å²) in [5, 5.41) is 3.02. The Bertz CT molecular complexity index is 1200. The third-order valence-corrected chi connectivity index (χ3v) is 5.33. The number of nitrogens with zero attached hydrogens (tertiary/aromatic N) is 2. The molecule has 3 aromatic carbocycles. The molecule has 160 valence electrons. The first-order valence-corrected chi connectivity index (χ1v) is 10.5. The lowest BCUT2D eigenvalue weighted by Crippen LogP contribution is -2.26. The molecule has 5 nitrogen and oxygen atoms in total. The summed E-state index contributed by atoms with van der Waals surface area (Å²) >= 11 is 0. The van der Waals surface area contributed by atoms with Crippen LogP contribution >= 0.6 is 0 Å². The fourth-order valence-corrected chi connectivity index (χ4v) is 3.40. The Labute approximate surface area is 188 Å². The minimum absolute atomic E-state index is 0.0841. The molecule has 1 atom stereocenters. The molecular weight excluding hydrogens is 398 g/mol. The highest BCUT2D eigenvalue weighted by molar-refractivity contribution is 5.94. The molecule has 1 amide bonds. The predicted octanol–water partition coefficient (Wildman–Crippen LogP) is 6.04. The molecule has 4 aromatic rings. The monoisotopic (exact) mass is 423 g/mol. The molecule has 0 aliphatic rings. The molecule has 0 aliphatic heterocycles. The molecule has 0 spiro atoms. The molecule has 0 unspecified atom stereocenters. The summed E-state index contributed by atoms with van der Waals surface area (Å²) in [5.41, 5.74) is 6.01. The molecule has 0 fully saturated rings. The second kappa shape index (κ2) is 9.43. The van der Waals surface area contributed by atoms with E-state index in [2.05, 4.69) is 28.3 Å². The van der Waals surface area contributed by atoms with E-state index in [1.165, 1.54) is 5.56 Å². The topological polar surface area (TPSA) is 64.1 Å². The average molecular weight is 424 g/mol. The number of aromatic nitrogens is 2. The van der Waals surface area contributed by atoms with Gasteiger partial charge in [-0.1, -0.05) is 54.1 Å². The summed E-state index contributed by atoms with van der Waals surface area (Å²) in [6.07, 6.45) is 3.50. The van der Waals surface area contributed by atoms with Crippen LogP contribution in [0.25, 0.3) is 11.1 Å². The number of hydrogen-bond acceptors (Lipinski definition) is 4. The molecule has 0 radical (unpaired) electrons. The van der Waals surface area contributed by atoms with Crippen molar-refractivity contribution >= 4 is 5.91 Å². The minimum Gasteiger partial charge on any atom is -0.424 e. The highest BCUT2D eigenvalue weighted by Gasteiger charge is 2.12. The van der Waals surface area contributed by atoms with Crippen LogP contribution in [0.15, 0.2) is 85.2 Å². The number of hydrogen-bond donors (Lipinski definition) is 1. The van der Waals surface area contributed by atoms with Gasteiger partial charge >= 0.3 is 6.01 Å². The van der Waals surface area contributed by atoms with E-state index in [0.717, 1.165) is 22.3 Å². The zero-order valence-electron chi connectivity index (χ0n) is 18.4. The van der Waals surface area contributed by atoms with Gasteiger partial charge in [-0.15, -0.1) is 0 Å². The van der Waals surface area contributed by atoms with Gasteiger partial charge in [0.2, 0.25) is 0 Å². The van der Waals surface area contributed by atoms with Gasteiger partial charge in [0.15, 0.2) is 0 Å². The second-order valence-corrected chi connectivity index (χ2v) is 7.80. The lowest BCUT2D eigenvalue weighted by atomic mass is 10.0. The smallest absolute Gasteiger partial charge is 0.321 e. The van der Waals surface area contributed by atoms with Gasteiger partial charge in [0.1, 0.15) is 5.75 Å². The standard InChI is InChI=1S/C27H25N3O2/c1-18-8-10-21(11-9-18)20(3)30-26(31)22-12-14-24(15-13-22)32-27-28-16-23(17-29-27)25-7-5-4-6-19(25)2/h4-17,20H,1-3H3,(H,30,31)/t20-/m0/s1. The molecule has 0 saturated heterocycles. The normalized spacial score (nSPS) is 11.6. The molecule has 0 bridgehead atoms. The number of amides is 1. The summed E-state index contributed by atoms with van der Waals surface area (Å²) in [6.45, 7) is 6.07. The molecule has 32 heavy (non-hydrogen) atoms. The van der Waals surface area contributed by atoms with Gasteiger partial charge in [-0.05, 0) is 61.7 Å². The minimum atomic E-state index is -0.136. The Morgan fingerprint density at radius 2 is 1.53 bits per heavy atom. The lowest BCUT2D eigenvalue weighted by molar-refractivity contribution is 0.0940. The van der Waals surface area contributed by atoms with Gasteiger partial charge in [0.25, 0.3) is 5.91 Å². The van der Waals surface area contributed by atoms with Crippen LogP contribution < -0.4 is 10.1 Å². The van der Waals surface area contributed by atoms with Crippen molar-refractivity contribution in [1.29, 1.82) is 0 Å². The van der Waals surface area contributed by atoms with Gasteiger partial charge in [0.05, 0.1) is 6.04 Å². The fourth-order valence-electron chi connectivity index (χ4n) is 3.40. The Morgan fingerprint density at radius 3 is 2.19 bits per heavy atom. The highest BCUT2D eigenvalue weighted by Crippen LogP contribution is 2.24. The highest BCUT2D eigenvalue weighted by atomic mass is 16.5. The number of carbonyl (C=O) groups is 1. The van der Waals surface area contributed by atoms with Gasteiger partial charge in [-0.2, -0.15) is 0 Å². The van der Waals surface area contributed by atoms with Crippen molar-refractivity contribution in [2.24, 2.45) is 0 Å². The molecule has 0 saturated carbocycles. The van der Waals surface area contributed by atoms with Crippen LogP contribution in [0.2, 0.25) is 0 Å². The Balaban J connectivity index is 1.38. The first-order valence-electron chi connectivity index (χ1n) is 10.5. The first kappa shape index (κ1) is 21.2. The third kappa shape index (κ3) is 5.01. The molecular formula is C27H25N3O2. The zero-order valence-corrected chi connectivity index (χ0v) is 18.4. The third-order valence-electron chi connectivity index (χ3n) is 5.33. The first-order chi connectivity index (χ1) is 15.5. The second-order valence-electron chi connectivity index (χ2n) is 7.80. The Kier molecular flexibility index (Phi) is 6.26. The SMILES string of the molecule is Cc1ccc([C@H](C)NC(=O)c2ccc(Oc3ncc(-c4ccccc4C)cn3)cc2)cc1. The van der Waals surface area contributed by atoms with E-state index >= 15 is 0 Å². The van der Waals surface area contributed by atoms with Crippen molar-refractivity contribution in [3.05, 3.63) is 107 Å². The average Bonchev–Trinajstić information content (AvgIpc) is 2.81. The summed E-state index contributed by atoms with van der Waals surface area (Å²) in [5.74, 6) is 0.431. The maximum atomic E-state index is 12.6. The van der Waals surface area contributed by atoms with Crippen molar-refractivity contribution in [3.63, 3.8) is 0 Å². The van der Waals surface area contributed by atoms with Crippen LogP contribution in [-0.4, -0.2) is 15.9 Å². The summed E-state index contributed by atoms with van der Waals surface area (Å²) < 4.78 is 5.74. The van der Waals surface area contributed by atoms with E-state index < -0.39 is 0 Å². The van der Waals surface area contributed by atoms with Gasteiger partial charge in [-0.25, -0.2) is 9.97 Å². The number of carbonyl (C=O) groups excluding carboxylic acids is 1. The van der Waals surface area contributed by atoms with Gasteiger partial charge < -0.3 is 10.1 Å². The maximum Gasteiger partial charge on any atom is 0.321 e. The van der Waals surface area contributed by atoms with Crippen molar-refractivity contribution < 1.29 is 9.53 Å². The van der Waals surface area contributed by atoms with Crippen LogP contribution in [0.1, 0.15) is 40.0 Å². The van der Waals surface area contributed by atoms with Crippen LogP contribution in [0, 0.1) is 13.8 Å². The van der Waals surface area contributed by atoms with Crippen molar-refractivity contribution in [1.82, 2.24) is 15.3 Å². The van der Waals surface area contributed by atoms with Crippen LogP contribution in [-0.2, 0) is 0 Å². The number of aryl methyl sites for hydroxylation is 2. The zero-order chi connectivity index (χ0) is 22.5. The van der Waals surface area contributed by atoms with Gasteiger partial charge in [-0.3, -0.25) is 4.79 Å². The number of rotatable bonds is 6. The van der Waals surface area contributed by atoms with E-state index in [4.69, 9.17) is 4.74 Å². The molecule has 1 aromatic heterocycles. The summed E-state index contributed by atoms with van der Waals surface area (Å²) in [7, 11) is 0. The van der Waals surface area contributed by atoms with E-state index in [-0.39, 0.29) is 18.0 Å². The molecule has 0 aliphatic carbocycles. The number of benzene rings is 3. The molecule has 1 heterocycles. The van der Waals surface area contributed by atoms with Crippen molar-refractivity contribution in [3.8, 4) is 22.9 Å².